The van der Waals surface area contributed by atoms with E-state index in [0.29, 0.717) is 6.42 Å². The summed E-state index contributed by atoms with van der Waals surface area (Å²) >= 11 is 0. The Balaban J connectivity index is 2.21. The molecule has 98 valence electrons. The summed E-state index contributed by atoms with van der Waals surface area (Å²) in [5.41, 5.74) is 3.95. The van der Waals surface area contributed by atoms with Gasteiger partial charge in [-0.25, -0.2) is 9.97 Å². The highest BCUT2D eigenvalue weighted by Gasteiger charge is 2.34. The van der Waals surface area contributed by atoms with Gasteiger partial charge >= 0.3 is 0 Å². The van der Waals surface area contributed by atoms with Crippen LogP contribution in [0.3, 0.4) is 0 Å². The third kappa shape index (κ3) is 1.97. The molecule has 2 aromatic heterocycles. The van der Waals surface area contributed by atoms with Crippen molar-refractivity contribution in [1.82, 2.24) is 14.5 Å². The number of rotatable bonds is 1. The summed E-state index contributed by atoms with van der Waals surface area (Å²) in [7, 11) is 0. The minimum atomic E-state index is 0.0161. The van der Waals surface area contributed by atoms with Gasteiger partial charge in [0, 0.05) is 23.4 Å². The molecule has 4 nitrogen and oxygen atoms in total. The highest BCUT2D eigenvalue weighted by molar-refractivity contribution is 5.99. The van der Waals surface area contributed by atoms with Crippen LogP contribution in [-0.4, -0.2) is 20.3 Å². The maximum absolute atomic E-state index is 12.3. The monoisotopic (exact) mass is 255 g/mol. The Morgan fingerprint density at radius 2 is 1.89 bits per heavy atom. The van der Waals surface area contributed by atoms with Crippen molar-refractivity contribution >= 4 is 5.78 Å². The van der Waals surface area contributed by atoms with Gasteiger partial charge in [-0.3, -0.25) is 4.79 Å². The van der Waals surface area contributed by atoms with Gasteiger partial charge in [0.1, 0.15) is 6.33 Å². The maximum atomic E-state index is 12.3. The predicted octanol–water partition coefficient (Wildman–Crippen LogP) is 2.73. The Labute approximate surface area is 112 Å². The number of fused-ring (bicyclic) bond motifs is 1. The number of hydrogen-bond acceptors (Lipinski definition) is 3. The number of aryl methyl sites for hydroxylation is 1. The molecule has 0 atom stereocenters. The van der Waals surface area contributed by atoms with Gasteiger partial charge in [0.25, 0.3) is 0 Å². The molecule has 0 spiro atoms. The molecule has 0 saturated carbocycles. The van der Waals surface area contributed by atoms with Crippen molar-refractivity contribution in [3.05, 3.63) is 41.7 Å². The molecule has 0 aromatic carbocycles. The first-order chi connectivity index (χ1) is 8.98. The molecule has 2 heterocycles. The Morgan fingerprint density at radius 3 is 2.58 bits per heavy atom. The molecule has 0 radical (unpaired) electrons. The summed E-state index contributed by atoms with van der Waals surface area (Å²) < 4.78 is 2.11. The Morgan fingerprint density at radius 1 is 1.21 bits per heavy atom. The molecule has 0 fully saturated rings. The average molecular weight is 255 g/mol. The second kappa shape index (κ2) is 4.02. The summed E-state index contributed by atoms with van der Waals surface area (Å²) in [5.74, 6) is 0.241. The van der Waals surface area contributed by atoms with Crippen molar-refractivity contribution in [2.45, 2.75) is 33.6 Å². The first-order valence-electron chi connectivity index (χ1n) is 6.48. The third-order valence-electron chi connectivity index (χ3n) is 3.68. The normalized spacial score (nSPS) is 17.3. The molecule has 1 aliphatic carbocycles. The molecule has 0 unspecified atom stereocenters. The lowest BCUT2D eigenvalue weighted by molar-refractivity contribution is 0.0911. The summed E-state index contributed by atoms with van der Waals surface area (Å²) in [4.78, 5) is 20.4. The lowest BCUT2D eigenvalue weighted by atomic mass is 9.76. The Hall–Kier alpha value is -1.97. The van der Waals surface area contributed by atoms with E-state index < -0.39 is 0 Å². The summed E-state index contributed by atoms with van der Waals surface area (Å²) in [6.07, 6.45) is 6.61. The minimum absolute atomic E-state index is 0.0161. The largest absolute Gasteiger partial charge is 0.315 e. The van der Waals surface area contributed by atoms with Crippen LogP contribution in [0.2, 0.25) is 0 Å². The fourth-order valence-electron chi connectivity index (χ4n) is 2.92. The van der Waals surface area contributed by atoms with Gasteiger partial charge < -0.3 is 4.57 Å². The van der Waals surface area contributed by atoms with Gasteiger partial charge in [0.2, 0.25) is 0 Å². The number of carbonyl (C=O) groups is 1. The smallest absolute Gasteiger partial charge is 0.165 e. The summed E-state index contributed by atoms with van der Waals surface area (Å²) in [6.45, 7) is 6.30. The zero-order chi connectivity index (χ0) is 13.6. The standard InChI is InChI=1S/C15H17N3O/c1-10-4-12-13(5-15(2,3)6-14(12)19)18(10)11-7-16-9-17-8-11/h4,7-9H,5-6H2,1-3H3. The Bertz CT molecular complexity index is 641. The molecule has 0 bridgehead atoms. The van der Waals surface area contributed by atoms with Gasteiger partial charge in [0.15, 0.2) is 5.78 Å². The van der Waals surface area contributed by atoms with Gasteiger partial charge in [-0.1, -0.05) is 13.8 Å². The van der Waals surface area contributed by atoms with Crippen molar-refractivity contribution in [2.75, 3.05) is 0 Å². The van der Waals surface area contributed by atoms with Crippen molar-refractivity contribution in [3.63, 3.8) is 0 Å². The lowest BCUT2D eigenvalue weighted by Gasteiger charge is -2.29. The minimum Gasteiger partial charge on any atom is -0.315 e. The molecule has 0 saturated heterocycles. The summed E-state index contributed by atoms with van der Waals surface area (Å²) in [6, 6.07) is 1.99. The molecule has 0 N–H and O–H groups in total. The van der Waals surface area contributed by atoms with Crippen LogP contribution in [0.15, 0.2) is 24.8 Å². The third-order valence-corrected chi connectivity index (χ3v) is 3.68. The van der Waals surface area contributed by atoms with E-state index in [9.17, 15) is 4.79 Å². The second-order valence-electron chi connectivity index (χ2n) is 6.02. The van der Waals surface area contributed by atoms with Gasteiger partial charge in [-0.2, -0.15) is 0 Å². The topological polar surface area (TPSA) is 47.8 Å². The molecule has 4 heteroatoms. The number of ketones is 1. The molecule has 0 aliphatic heterocycles. The molecule has 19 heavy (non-hydrogen) atoms. The van der Waals surface area contributed by atoms with E-state index in [1.807, 2.05) is 13.0 Å². The second-order valence-corrected chi connectivity index (χ2v) is 6.02. The van der Waals surface area contributed by atoms with Gasteiger partial charge in [-0.15, -0.1) is 0 Å². The quantitative estimate of drug-likeness (QED) is 0.787. The first-order valence-corrected chi connectivity index (χ1v) is 6.48. The van der Waals surface area contributed by atoms with Crippen molar-refractivity contribution in [3.8, 4) is 5.69 Å². The van der Waals surface area contributed by atoms with Crippen LogP contribution in [0.4, 0.5) is 0 Å². The average Bonchev–Trinajstić information content (AvgIpc) is 2.65. The summed E-state index contributed by atoms with van der Waals surface area (Å²) in [5, 5.41) is 0. The molecular formula is C15H17N3O. The number of hydrogen-bond donors (Lipinski definition) is 0. The Kier molecular flexibility index (Phi) is 2.55. The molecule has 1 aliphatic rings. The number of Topliss-reactive ketones (excluding diaryl/α,β-unsaturated/α-hetero) is 1. The van der Waals surface area contributed by atoms with E-state index in [2.05, 4.69) is 28.4 Å². The van der Waals surface area contributed by atoms with Crippen LogP contribution in [0.5, 0.6) is 0 Å². The fourth-order valence-corrected chi connectivity index (χ4v) is 2.92. The van der Waals surface area contributed by atoms with Crippen molar-refractivity contribution in [1.29, 1.82) is 0 Å². The van der Waals surface area contributed by atoms with Crippen LogP contribution in [-0.2, 0) is 6.42 Å². The van der Waals surface area contributed by atoms with Crippen LogP contribution in [0.25, 0.3) is 5.69 Å². The van der Waals surface area contributed by atoms with Crippen molar-refractivity contribution < 1.29 is 4.79 Å². The fraction of sp³-hybridized carbons (Fsp3) is 0.400. The van der Waals surface area contributed by atoms with Crippen LogP contribution >= 0.6 is 0 Å². The molecule has 2 aromatic rings. The van der Waals surface area contributed by atoms with Gasteiger partial charge in [0.05, 0.1) is 18.1 Å². The number of nitrogens with zero attached hydrogens (tertiary/aromatic N) is 3. The molecule has 3 rings (SSSR count). The van der Waals surface area contributed by atoms with E-state index in [4.69, 9.17) is 0 Å². The van der Waals surface area contributed by atoms with Crippen LogP contribution in [0, 0.1) is 12.3 Å². The van der Waals surface area contributed by atoms with Gasteiger partial charge in [-0.05, 0) is 24.8 Å². The van der Waals surface area contributed by atoms with E-state index in [1.54, 1.807) is 12.4 Å². The lowest BCUT2D eigenvalue weighted by Crippen LogP contribution is -2.27. The molecule has 0 amide bonds. The van der Waals surface area contributed by atoms with E-state index in [0.717, 1.165) is 29.1 Å². The van der Waals surface area contributed by atoms with Crippen LogP contribution in [0.1, 0.15) is 42.0 Å². The van der Waals surface area contributed by atoms with E-state index in [-0.39, 0.29) is 11.2 Å². The highest BCUT2D eigenvalue weighted by Crippen LogP contribution is 2.37. The number of carbonyl (C=O) groups excluding carboxylic acids is 1. The van der Waals surface area contributed by atoms with Crippen LogP contribution < -0.4 is 0 Å². The zero-order valence-electron chi connectivity index (χ0n) is 11.5. The van der Waals surface area contributed by atoms with Crippen molar-refractivity contribution in [2.24, 2.45) is 5.41 Å². The molecular weight excluding hydrogens is 238 g/mol. The highest BCUT2D eigenvalue weighted by atomic mass is 16.1. The predicted molar refractivity (Wildman–Crippen MR) is 72.5 cm³/mol. The van der Waals surface area contributed by atoms with E-state index >= 15 is 0 Å². The SMILES string of the molecule is Cc1cc2c(n1-c1cncnc1)CC(C)(C)CC2=O. The van der Waals surface area contributed by atoms with E-state index in [1.165, 1.54) is 6.33 Å². The first kappa shape index (κ1) is 12.1. The zero-order valence-corrected chi connectivity index (χ0v) is 11.5. The maximum Gasteiger partial charge on any atom is 0.165 e. The number of aromatic nitrogens is 3.